The summed E-state index contributed by atoms with van der Waals surface area (Å²) in [4.78, 5) is 0. The van der Waals surface area contributed by atoms with Crippen molar-refractivity contribution in [3.05, 3.63) is 29.3 Å². The average molecular weight is 184 g/mol. The molecule has 1 N–H and O–H groups in total. The SMILES string of the molecule is CBc1ccc(C(C)O)c(F)c1F. The Kier molecular flexibility index (Phi) is 3.04. The summed E-state index contributed by atoms with van der Waals surface area (Å²) in [7, 11) is 0.447. The molecular weight excluding hydrogens is 173 g/mol. The molecule has 4 heteroatoms. The van der Waals surface area contributed by atoms with Gasteiger partial charge in [-0.05, 0) is 12.4 Å². The zero-order valence-electron chi connectivity index (χ0n) is 7.64. The highest BCUT2D eigenvalue weighted by Crippen LogP contribution is 2.17. The van der Waals surface area contributed by atoms with Crippen LogP contribution in [-0.2, 0) is 0 Å². The Morgan fingerprint density at radius 1 is 1.31 bits per heavy atom. The maximum atomic E-state index is 13.2. The van der Waals surface area contributed by atoms with Crippen LogP contribution in [0.5, 0.6) is 0 Å². The summed E-state index contributed by atoms with van der Waals surface area (Å²) in [5.41, 5.74) is 0.344. The molecule has 1 aromatic rings. The van der Waals surface area contributed by atoms with E-state index in [2.05, 4.69) is 0 Å². The van der Waals surface area contributed by atoms with Crippen LogP contribution in [0.1, 0.15) is 18.6 Å². The van der Waals surface area contributed by atoms with Crippen LogP contribution in [0, 0.1) is 11.6 Å². The fourth-order valence-corrected chi connectivity index (χ4v) is 1.20. The van der Waals surface area contributed by atoms with Crippen molar-refractivity contribution in [3.8, 4) is 0 Å². The van der Waals surface area contributed by atoms with E-state index in [0.717, 1.165) is 0 Å². The van der Waals surface area contributed by atoms with Crippen molar-refractivity contribution in [2.24, 2.45) is 0 Å². The van der Waals surface area contributed by atoms with E-state index in [-0.39, 0.29) is 5.56 Å². The summed E-state index contributed by atoms with van der Waals surface area (Å²) in [6, 6.07) is 2.92. The van der Waals surface area contributed by atoms with Gasteiger partial charge in [0.2, 0.25) is 0 Å². The molecule has 0 aromatic heterocycles. The minimum absolute atomic E-state index is 0.00898. The predicted molar refractivity (Wildman–Crippen MR) is 49.6 cm³/mol. The largest absolute Gasteiger partial charge is 0.389 e. The normalized spacial score (nSPS) is 12.7. The Hall–Kier alpha value is -0.895. The number of hydrogen-bond donors (Lipinski definition) is 1. The summed E-state index contributed by atoms with van der Waals surface area (Å²) in [5.74, 6) is -1.78. The van der Waals surface area contributed by atoms with E-state index >= 15 is 0 Å². The molecule has 0 aliphatic heterocycles. The molecule has 1 atom stereocenters. The van der Waals surface area contributed by atoms with Crippen molar-refractivity contribution < 1.29 is 13.9 Å². The smallest absolute Gasteiger partial charge is 0.164 e. The van der Waals surface area contributed by atoms with Crippen LogP contribution in [0.25, 0.3) is 0 Å². The molecule has 0 fully saturated rings. The highest BCUT2D eigenvalue weighted by atomic mass is 19.2. The first-order valence-electron chi connectivity index (χ1n) is 4.22. The van der Waals surface area contributed by atoms with Crippen LogP contribution in [-0.4, -0.2) is 12.4 Å². The van der Waals surface area contributed by atoms with Gasteiger partial charge in [0.15, 0.2) is 18.9 Å². The van der Waals surface area contributed by atoms with Gasteiger partial charge >= 0.3 is 0 Å². The Morgan fingerprint density at radius 2 is 1.92 bits per heavy atom. The van der Waals surface area contributed by atoms with E-state index in [4.69, 9.17) is 5.11 Å². The lowest BCUT2D eigenvalue weighted by Gasteiger charge is -2.08. The molecule has 1 unspecified atom stereocenters. The third-order valence-electron chi connectivity index (χ3n) is 2.02. The quantitative estimate of drug-likeness (QED) is 0.683. The van der Waals surface area contributed by atoms with Gasteiger partial charge in [0.25, 0.3) is 0 Å². The summed E-state index contributed by atoms with van der Waals surface area (Å²) in [5, 5.41) is 9.09. The molecule has 0 saturated carbocycles. The molecule has 1 nitrogen and oxygen atoms in total. The first-order valence-corrected chi connectivity index (χ1v) is 4.22. The van der Waals surface area contributed by atoms with Crippen molar-refractivity contribution in [1.29, 1.82) is 0 Å². The van der Waals surface area contributed by atoms with Crippen molar-refractivity contribution in [1.82, 2.24) is 0 Å². The number of aliphatic hydroxyl groups excluding tert-OH is 1. The van der Waals surface area contributed by atoms with Crippen LogP contribution in [0.4, 0.5) is 8.78 Å². The van der Waals surface area contributed by atoms with E-state index in [1.165, 1.54) is 19.1 Å². The minimum atomic E-state index is -0.972. The number of aliphatic hydroxyl groups is 1. The van der Waals surface area contributed by atoms with E-state index in [1.54, 1.807) is 6.82 Å². The maximum absolute atomic E-state index is 13.2. The van der Waals surface area contributed by atoms with Gasteiger partial charge in [0.05, 0.1) is 6.10 Å². The maximum Gasteiger partial charge on any atom is 0.164 e. The van der Waals surface area contributed by atoms with Crippen molar-refractivity contribution in [2.45, 2.75) is 19.9 Å². The van der Waals surface area contributed by atoms with Crippen LogP contribution in [0.15, 0.2) is 12.1 Å². The second-order valence-electron chi connectivity index (χ2n) is 2.97. The molecule has 70 valence electrons. The van der Waals surface area contributed by atoms with E-state index in [9.17, 15) is 8.78 Å². The molecule has 0 radical (unpaired) electrons. The van der Waals surface area contributed by atoms with E-state index < -0.39 is 17.7 Å². The zero-order valence-corrected chi connectivity index (χ0v) is 7.64. The predicted octanol–water partition coefficient (Wildman–Crippen LogP) is 1.13. The average Bonchev–Trinajstić information content (AvgIpc) is 2.09. The second-order valence-corrected chi connectivity index (χ2v) is 2.97. The lowest BCUT2D eigenvalue weighted by atomic mass is 9.72. The molecule has 0 spiro atoms. The standard InChI is InChI=1S/C9H11BF2O/c1-5(13)6-3-4-7(10-2)9(12)8(6)11/h3-5,10,13H,1-2H3. The van der Waals surface area contributed by atoms with Gasteiger partial charge < -0.3 is 5.11 Å². The van der Waals surface area contributed by atoms with Crippen molar-refractivity contribution >= 4 is 12.7 Å². The van der Waals surface area contributed by atoms with Crippen molar-refractivity contribution in [3.63, 3.8) is 0 Å². The van der Waals surface area contributed by atoms with E-state index in [1.807, 2.05) is 0 Å². The molecule has 1 aromatic carbocycles. The zero-order chi connectivity index (χ0) is 10.0. The molecular formula is C9H11BF2O. The summed E-state index contributed by atoms with van der Waals surface area (Å²) < 4.78 is 26.3. The van der Waals surface area contributed by atoms with Crippen LogP contribution >= 0.6 is 0 Å². The summed E-state index contributed by atoms with van der Waals surface area (Å²) in [6.45, 7) is 3.16. The van der Waals surface area contributed by atoms with Gasteiger partial charge in [-0.3, -0.25) is 0 Å². The fourth-order valence-electron chi connectivity index (χ4n) is 1.20. The van der Waals surface area contributed by atoms with Crippen LogP contribution in [0.3, 0.4) is 0 Å². The van der Waals surface area contributed by atoms with Gasteiger partial charge in [0.1, 0.15) is 0 Å². The van der Waals surface area contributed by atoms with Gasteiger partial charge in [-0.25, -0.2) is 8.78 Å². The molecule has 0 saturated heterocycles. The first-order chi connectivity index (χ1) is 6.07. The molecule has 0 amide bonds. The lowest BCUT2D eigenvalue weighted by molar-refractivity contribution is 0.193. The van der Waals surface area contributed by atoms with Gasteiger partial charge in [-0.2, -0.15) is 0 Å². The van der Waals surface area contributed by atoms with Gasteiger partial charge in [-0.1, -0.05) is 19.0 Å². The Balaban J connectivity index is 3.23. The highest BCUT2D eigenvalue weighted by Gasteiger charge is 2.14. The molecule has 0 bridgehead atoms. The monoisotopic (exact) mass is 184 g/mol. The van der Waals surface area contributed by atoms with Gasteiger partial charge in [0, 0.05) is 5.56 Å². The van der Waals surface area contributed by atoms with Crippen LogP contribution in [0.2, 0.25) is 6.82 Å². The Bertz CT molecular complexity index is 313. The number of halogens is 2. The number of rotatable bonds is 2. The first kappa shape index (κ1) is 10.2. The molecule has 1 rings (SSSR count). The number of benzene rings is 1. The number of hydrogen-bond acceptors (Lipinski definition) is 1. The molecule has 0 aliphatic rings. The third kappa shape index (κ3) is 1.88. The second kappa shape index (κ2) is 3.88. The van der Waals surface area contributed by atoms with Crippen molar-refractivity contribution in [2.75, 3.05) is 0 Å². The summed E-state index contributed by atoms with van der Waals surface area (Å²) in [6.07, 6.45) is -0.972. The lowest BCUT2D eigenvalue weighted by Crippen LogP contribution is -2.18. The van der Waals surface area contributed by atoms with E-state index in [0.29, 0.717) is 12.7 Å². The minimum Gasteiger partial charge on any atom is -0.389 e. The molecule has 13 heavy (non-hydrogen) atoms. The highest BCUT2D eigenvalue weighted by molar-refractivity contribution is 6.52. The van der Waals surface area contributed by atoms with Gasteiger partial charge in [-0.15, -0.1) is 0 Å². The Labute approximate surface area is 76.6 Å². The summed E-state index contributed by atoms with van der Waals surface area (Å²) >= 11 is 0. The molecule has 0 aliphatic carbocycles. The fraction of sp³-hybridized carbons (Fsp3) is 0.333. The topological polar surface area (TPSA) is 20.2 Å². The van der Waals surface area contributed by atoms with Crippen LogP contribution < -0.4 is 5.46 Å². The third-order valence-corrected chi connectivity index (χ3v) is 2.02. The molecule has 0 heterocycles. The Morgan fingerprint density at radius 3 is 2.38 bits per heavy atom.